The number of aliphatic hydroxyl groups is 1. The van der Waals surface area contributed by atoms with Crippen molar-refractivity contribution in [2.45, 2.75) is 27.2 Å². The summed E-state index contributed by atoms with van der Waals surface area (Å²) < 4.78 is 4.29. The van der Waals surface area contributed by atoms with Crippen molar-refractivity contribution < 1.29 is 9.84 Å². The van der Waals surface area contributed by atoms with E-state index >= 15 is 0 Å². The number of rotatable bonds is 1. The van der Waals surface area contributed by atoms with Gasteiger partial charge in [0, 0.05) is 6.61 Å². The minimum Gasteiger partial charge on any atom is -0.569 e. The zero-order valence-electron chi connectivity index (χ0n) is 8.10. The van der Waals surface area contributed by atoms with Gasteiger partial charge in [-0.1, -0.05) is 20.3 Å². The van der Waals surface area contributed by atoms with Gasteiger partial charge in [0.2, 0.25) is 0 Å². The molecule has 0 atom stereocenters. The molecule has 0 aliphatic heterocycles. The Morgan fingerprint density at radius 1 is 1.09 bits per heavy atom. The summed E-state index contributed by atoms with van der Waals surface area (Å²) in [6.45, 7) is 6.85. The Labute approximate surface area is 58.8 Å². The third-order valence-corrected chi connectivity index (χ3v) is 0.204. The third-order valence-electron chi connectivity index (χ3n) is 0.204. The maximum atomic E-state index is 6.75. The van der Waals surface area contributed by atoms with Gasteiger partial charge in [-0.25, -0.2) is 14.2 Å². The van der Waals surface area contributed by atoms with Crippen molar-refractivity contribution in [3.63, 3.8) is 0 Å². The van der Waals surface area contributed by atoms with Gasteiger partial charge in [-0.05, 0) is 6.92 Å². The molecular formula is C7H18O2Rf2-2. The molecule has 0 aromatic heterocycles. The van der Waals surface area contributed by atoms with E-state index in [0.29, 0.717) is 6.61 Å². The van der Waals surface area contributed by atoms with Crippen LogP contribution in [-0.4, -0.2) is 11.7 Å². The minimum atomic E-state index is 0. The van der Waals surface area contributed by atoms with Crippen LogP contribution in [0.1, 0.15) is 27.2 Å². The summed E-state index contributed by atoms with van der Waals surface area (Å²) in [7, 11) is 5.35. The fraction of sp³-hybridized carbons (Fsp3) is 0.714. The summed E-state index contributed by atoms with van der Waals surface area (Å²) in [6.07, 6.45) is 1.25. The van der Waals surface area contributed by atoms with Crippen LogP contribution in [0.4, 0.5) is 0 Å². The summed E-state index contributed by atoms with van der Waals surface area (Å²) in [5.41, 5.74) is 0. The van der Waals surface area contributed by atoms with E-state index in [-0.39, 0.29) is 0 Å². The smallest absolute Gasteiger partial charge is 0.00804 e. The molecule has 11 heavy (non-hydrogen) atoms. The second-order valence-electron chi connectivity index (χ2n) is 1.20. The van der Waals surface area contributed by atoms with Gasteiger partial charge in [0.1, 0.15) is 0 Å². The van der Waals surface area contributed by atoms with Gasteiger partial charge in [-0.3, -0.25) is 0 Å². The second-order valence-corrected chi connectivity index (χ2v) is 1.20. The topological polar surface area (TPSA) is 29.5 Å². The van der Waals surface area contributed by atoms with Crippen LogP contribution in [0.5, 0.6) is 0 Å². The van der Waals surface area contributed by atoms with Crippen LogP contribution < -0.4 is 0 Å². The predicted octanol–water partition coefficient (Wildman–Crippen LogP) is 2.38. The van der Waals surface area contributed by atoms with Crippen molar-refractivity contribution in [1.29, 1.82) is 0 Å². The maximum Gasteiger partial charge on any atom is 0.00804 e. The van der Waals surface area contributed by atoms with E-state index in [1.165, 1.54) is 6.42 Å². The van der Waals surface area contributed by atoms with Crippen LogP contribution >= 0.6 is 0 Å². The van der Waals surface area contributed by atoms with Gasteiger partial charge in [0.05, 0.1) is 0 Å². The van der Waals surface area contributed by atoms with E-state index in [4.69, 9.17) is 5.11 Å². The molecule has 0 amide bonds. The summed E-state index contributed by atoms with van der Waals surface area (Å²) in [5, 5.41) is 6.75. The Morgan fingerprint density at radius 2 is 1.18 bits per heavy atom. The average Bonchev–Trinajstić information content (AvgIpc) is 1.94. The summed E-state index contributed by atoms with van der Waals surface area (Å²) in [5.74, 6) is 0. The maximum absolute atomic E-state index is 6.75. The van der Waals surface area contributed by atoms with Crippen molar-refractivity contribution in [1.82, 2.24) is 0 Å². The molecule has 0 aliphatic carbocycles. The van der Waals surface area contributed by atoms with Crippen molar-refractivity contribution in [3.05, 3.63) is 14.2 Å². The zero-order valence-corrected chi connectivity index (χ0v) is 20.9. The van der Waals surface area contributed by atoms with Crippen molar-refractivity contribution in [2.75, 3.05) is 6.61 Å². The SMILES string of the molecule is CCC.[CH2-]O.[CH2-]OCC.[Rf].[Rf]. The van der Waals surface area contributed by atoms with E-state index in [1.807, 2.05) is 6.92 Å². The van der Waals surface area contributed by atoms with Crippen molar-refractivity contribution in [2.24, 2.45) is 0 Å². The first-order chi connectivity index (χ1) is 4.33. The van der Waals surface area contributed by atoms with Crippen LogP contribution in [0.15, 0.2) is 0 Å². The molecule has 0 aliphatic rings. The largest absolute Gasteiger partial charge is 0.569 e. The molecule has 1 N–H and O–H groups in total. The fourth-order valence-electron chi connectivity index (χ4n) is 0. The number of aliphatic hydroxyl groups excluding tert-OH is 1. The Kier molecular flexibility index (Phi) is 1480. The zero-order chi connectivity index (χ0) is 8.12. The Balaban J connectivity index is -0.0000000158. The molecule has 64 valence electrons. The first kappa shape index (κ1) is 36.4. The molecule has 0 aromatic rings. The van der Waals surface area contributed by atoms with Gasteiger partial charge < -0.3 is 9.84 Å². The van der Waals surface area contributed by atoms with Gasteiger partial charge in [-0.2, -0.15) is 0 Å². The molecule has 0 heterocycles. The first-order valence-electron chi connectivity index (χ1n) is 3.01. The van der Waals surface area contributed by atoms with Crippen molar-refractivity contribution >= 4 is 0 Å². The monoisotopic (exact) mass is 668 g/mol. The quantitative estimate of drug-likeness (QED) is 0.436. The van der Waals surface area contributed by atoms with Gasteiger partial charge >= 0.3 is 0 Å². The number of ether oxygens (including phenoxy) is 1. The molecule has 0 radical (unpaired) electrons. The van der Waals surface area contributed by atoms with Crippen LogP contribution in [0.2, 0.25) is 0 Å². The van der Waals surface area contributed by atoms with Gasteiger partial charge in [0.25, 0.3) is 0 Å². The van der Waals surface area contributed by atoms with E-state index in [0.717, 1.165) is 0 Å². The van der Waals surface area contributed by atoms with Crippen LogP contribution in [0.3, 0.4) is 0 Å². The molecule has 2 nitrogen and oxygen atoms in total. The number of hydrogen-bond acceptors (Lipinski definition) is 2. The molecule has 4 heteroatoms. The van der Waals surface area contributed by atoms with E-state index in [2.05, 4.69) is 32.8 Å². The average molecular weight is 668 g/mol. The van der Waals surface area contributed by atoms with E-state index in [9.17, 15) is 0 Å². The van der Waals surface area contributed by atoms with Gasteiger partial charge in [0.15, 0.2) is 0 Å². The molecule has 0 fully saturated rings. The molecule has 0 spiro atoms. The summed E-state index contributed by atoms with van der Waals surface area (Å²) >= 11 is 0. The third kappa shape index (κ3) is 238. The molecule has 0 bridgehead atoms. The predicted molar refractivity (Wildman–Crippen MR) is 40.2 cm³/mol. The minimum absolute atomic E-state index is 0. The normalized spacial score (nSPS) is 4.91. The Bertz CT molecular complexity index is 21.9. The molecule has 0 saturated carbocycles. The molecule has 0 rings (SSSR count). The summed E-state index contributed by atoms with van der Waals surface area (Å²) in [4.78, 5) is 0. The van der Waals surface area contributed by atoms with Crippen molar-refractivity contribution in [3.8, 4) is 0 Å². The Morgan fingerprint density at radius 3 is 1.18 bits per heavy atom. The number of hydrogen-bond donors (Lipinski definition) is 1. The molecule has 0 unspecified atom stereocenters. The van der Waals surface area contributed by atoms with E-state index in [1.54, 1.807) is 0 Å². The molecule has 0 saturated heterocycles. The second kappa shape index (κ2) is 448. The standard InChI is InChI=1S/C3H7O.C3H8.CH3O.2Rf/c1-3-4-2;1-3-2;1-2;;/h2-3H2,1H3;3H2,1-2H3;2H,1H2;;/q-1;;-1;;. The first-order valence-corrected chi connectivity index (χ1v) is 3.01. The molecular weight excluding hydrogens is 650 g/mol. The van der Waals surface area contributed by atoms with Crippen LogP contribution in [0.25, 0.3) is 0 Å². The van der Waals surface area contributed by atoms with Crippen LogP contribution in [-0.2, 0) is 4.74 Å². The Hall–Kier alpha value is -2.08. The van der Waals surface area contributed by atoms with E-state index < -0.39 is 0 Å². The fourth-order valence-corrected chi connectivity index (χ4v) is 0. The summed E-state index contributed by atoms with van der Waals surface area (Å²) in [6, 6.07) is 0. The molecule has 0 aromatic carbocycles. The van der Waals surface area contributed by atoms with Crippen LogP contribution in [0, 0.1) is 14.2 Å². The van der Waals surface area contributed by atoms with Gasteiger partial charge in [-0.15, -0.1) is 0 Å².